The van der Waals surface area contributed by atoms with Crippen LogP contribution in [-0.2, 0) is 45.1 Å². The summed E-state index contributed by atoms with van der Waals surface area (Å²) in [4.78, 5) is 54.7. The third-order valence-electron chi connectivity index (χ3n) is 2.81. The number of carbonyl (C=O) groups excluding carboxylic acids is 4. The number of carboxylic acids is 4. The van der Waals surface area contributed by atoms with E-state index in [0.717, 1.165) is 24.3 Å². The van der Waals surface area contributed by atoms with Crippen molar-refractivity contribution in [1.82, 2.24) is 19.9 Å². The topological polar surface area (TPSA) is 278 Å². The fraction of sp³-hybridized carbons (Fsp3) is 0. The molecular formula is C18H16Cu2N4O10+2. The van der Waals surface area contributed by atoms with Crippen LogP contribution in [0.4, 0.5) is 0 Å². The average molecular weight is 575 g/mol. The van der Waals surface area contributed by atoms with Crippen molar-refractivity contribution in [1.29, 1.82) is 0 Å². The van der Waals surface area contributed by atoms with Crippen LogP contribution in [0.5, 0.6) is 0 Å². The molecule has 0 saturated heterocycles. The number of carbonyl (C=O) groups is 4. The van der Waals surface area contributed by atoms with Gasteiger partial charge in [-0.1, -0.05) is 12.1 Å². The molecule has 3 aromatic heterocycles. The molecule has 0 aromatic carbocycles. The van der Waals surface area contributed by atoms with Crippen LogP contribution in [0.15, 0.2) is 61.2 Å². The second-order valence-corrected chi connectivity index (χ2v) is 4.86. The van der Waals surface area contributed by atoms with Gasteiger partial charge < -0.3 is 50.6 Å². The molecule has 34 heavy (non-hydrogen) atoms. The van der Waals surface area contributed by atoms with Crippen LogP contribution < -0.4 is 20.4 Å². The van der Waals surface area contributed by atoms with Gasteiger partial charge in [-0.2, -0.15) is 0 Å². The molecule has 3 heterocycles. The SMILES string of the molecule is O=C([O-])c1cccc(C(=O)[O-])n1.O=C([O-])c1cccc(C(=O)[O-])n1.[Cu+2].[Cu+2].[OH3+].[OH3+].c1cnccn1. The number of nitrogens with zero attached hydrogens (tertiary/aromatic N) is 4. The molecule has 0 saturated carbocycles. The third kappa shape index (κ3) is 14.3. The molecule has 2 radical (unpaired) electrons. The quantitative estimate of drug-likeness (QED) is 0.208. The first kappa shape index (κ1) is 37.5. The molecule has 188 valence electrons. The van der Waals surface area contributed by atoms with Gasteiger partial charge in [0.1, 0.15) is 0 Å². The summed E-state index contributed by atoms with van der Waals surface area (Å²) in [5, 5.41) is 40.8. The van der Waals surface area contributed by atoms with Gasteiger partial charge >= 0.3 is 34.1 Å². The van der Waals surface area contributed by atoms with Crippen molar-refractivity contribution in [3.05, 3.63) is 84.0 Å². The Bertz CT molecular complexity index is 889. The van der Waals surface area contributed by atoms with Gasteiger partial charge in [0.25, 0.3) is 0 Å². The molecule has 0 fully saturated rings. The fourth-order valence-electron chi connectivity index (χ4n) is 1.58. The molecule has 0 spiro atoms. The van der Waals surface area contributed by atoms with E-state index in [2.05, 4.69) is 19.9 Å². The van der Waals surface area contributed by atoms with Gasteiger partial charge in [0.15, 0.2) is 0 Å². The zero-order valence-corrected chi connectivity index (χ0v) is 18.5. The molecule has 3 aromatic rings. The normalized spacial score (nSPS) is 8.00. The number of hydrogen-bond donors (Lipinski definition) is 0. The van der Waals surface area contributed by atoms with Gasteiger partial charge in [-0.05, 0) is 24.3 Å². The monoisotopic (exact) mass is 574 g/mol. The maximum Gasteiger partial charge on any atom is 2.00 e. The zero-order valence-electron chi connectivity index (χ0n) is 16.6. The van der Waals surface area contributed by atoms with Gasteiger partial charge in [-0.15, -0.1) is 0 Å². The van der Waals surface area contributed by atoms with E-state index < -0.39 is 46.7 Å². The minimum absolute atomic E-state index is 0. The summed E-state index contributed by atoms with van der Waals surface area (Å²) in [5.41, 5.74) is -1.68. The van der Waals surface area contributed by atoms with Crippen molar-refractivity contribution in [3.63, 3.8) is 0 Å². The van der Waals surface area contributed by atoms with Crippen LogP contribution in [0.2, 0.25) is 0 Å². The van der Waals surface area contributed by atoms with Gasteiger partial charge in [-0.25, -0.2) is 9.97 Å². The molecule has 6 N–H and O–H groups in total. The Morgan fingerprint density at radius 3 is 0.853 bits per heavy atom. The largest absolute Gasteiger partial charge is 2.00 e. The van der Waals surface area contributed by atoms with E-state index >= 15 is 0 Å². The van der Waals surface area contributed by atoms with E-state index in [4.69, 9.17) is 0 Å². The summed E-state index contributed by atoms with van der Waals surface area (Å²) in [7, 11) is 0. The molecule has 3 rings (SSSR count). The number of hydrogen-bond acceptors (Lipinski definition) is 12. The van der Waals surface area contributed by atoms with Crippen LogP contribution in [0.25, 0.3) is 0 Å². The van der Waals surface area contributed by atoms with Gasteiger partial charge in [0, 0.05) is 24.8 Å². The third-order valence-corrected chi connectivity index (χ3v) is 2.81. The first-order valence-electron chi connectivity index (χ1n) is 7.71. The maximum absolute atomic E-state index is 10.2. The first-order chi connectivity index (χ1) is 14.2. The number of pyridine rings is 2. The molecule has 0 aliphatic rings. The molecular weight excluding hydrogens is 559 g/mol. The van der Waals surface area contributed by atoms with Crippen molar-refractivity contribution in [2.45, 2.75) is 0 Å². The molecule has 0 aliphatic heterocycles. The maximum atomic E-state index is 10.2. The van der Waals surface area contributed by atoms with E-state index in [1.165, 1.54) is 12.1 Å². The fourth-order valence-corrected chi connectivity index (χ4v) is 1.58. The molecule has 0 unspecified atom stereocenters. The summed E-state index contributed by atoms with van der Waals surface area (Å²) in [6, 6.07) is 7.07. The van der Waals surface area contributed by atoms with Crippen LogP contribution in [0.3, 0.4) is 0 Å². The first-order valence-corrected chi connectivity index (χ1v) is 7.71. The van der Waals surface area contributed by atoms with Gasteiger partial charge in [0.05, 0.1) is 46.7 Å². The minimum atomic E-state index is -1.52. The Balaban J connectivity index is -0.000000196. The number of carboxylic acid groups (broad SMARTS) is 4. The Morgan fingerprint density at radius 1 is 0.500 bits per heavy atom. The summed E-state index contributed by atoms with van der Waals surface area (Å²) < 4.78 is 0. The predicted octanol–water partition coefficient (Wildman–Crippen LogP) is -5.75. The minimum Gasteiger partial charge on any atom is -0.543 e. The number of rotatable bonds is 4. The summed E-state index contributed by atoms with van der Waals surface area (Å²) in [6.45, 7) is 0. The van der Waals surface area contributed by atoms with E-state index in [1.54, 1.807) is 24.8 Å². The average Bonchev–Trinajstić information content (AvgIpc) is 2.76. The van der Waals surface area contributed by atoms with Crippen molar-refractivity contribution >= 4 is 23.9 Å². The number of aromatic nitrogens is 4. The molecule has 14 nitrogen and oxygen atoms in total. The Kier molecular flexibility index (Phi) is 21.9. The Morgan fingerprint density at radius 2 is 0.706 bits per heavy atom. The van der Waals surface area contributed by atoms with Crippen LogP contribution in [-0.4, -0.2) is 43.8 Å². The van der Waals surface area contributed by atoms with E-state index in [1.807, 2.05) is 0 Å². The summed E-state index contributed by atoms with van der Waals surface area (Å²) in [6.07, 6.45) is 6.56. The van der Waals surface area contributed by atoms with Crippen LogP contribution in [0.1, 0.15) is 42.0 Å². The van der Waals surface area contributed by atoms with Crippen LogP contribution in [0, 0.1) is 0 Å². The van der Waals surface area contributed by atoms with Crippen LogP contribution >= 0.6 is 0 Å². The van der Waals surface area contributed by atoms with Crippen molar-refractivity contribution in [3.8, 4) is 0 Å². The van der Waals surface area contributed by atoms with E-state index in [-0.39, 0.29) is 45.1 Å². The number of aromatic carboxylic acids is 4. The van der Waals surface area contributed by atoms with E-state index in [9.17, 15) is 39.6 Å². The standard InChI is InChI=1S/2C7H5NO4.C4H4N2.2Cu.2H2O/c2*9-6(10)4-2-1-3-5(8-4)7(11)12;1-2-6-4-3-5-1;;;;/h2*1-3H,(H,9,10)(H,11,12);1-4H;;;2*1H2/q;;;2*+2;;/p-2. The summed E-state index contributed by atoms with van der Waals surface area (Å²) in [5.74, 6) is -6.06. The van der Waals surface area contributed by atoms with Crippen molar-refractivity contribution in [2.24, 2.45) is 0 Å². The zero-order chi connectivity index (χ0) is 22.5. The van der Waals surface area contributed by atoms with Gasteiger partial charge in [-0.3, -0.25) is 9.97 Å². The Hall–Kier alpha value is -3.78. The smallest absolute Gasteiger partial charge is 0.543 e. The molecule has 0 atom stereocenters. The second-order valence-electron chi connectivity index (χ2n) is 4.86. The molecule has 16 heteroatoms. The second kappa shape index (κ2) is 19.9. The van der Waals surface area contributed by atoms with Crippen molar-refractivity contribution < 1.29 is 84.7 Å². The summed E-state index contributed by atoms with van der Waals surface area (Å²) >= 11 is 0. The van der Waals surface area contributed by atoms with E-state index in [0.29, 0.717) is 0 Å². The predicted molar refractivity (Wildman–Crippen MR) is 97.6 cm³/mol. The molecule has 0 aliphatic carbocycles. The molecule has 0 bridgehead atoms. The van der Waals surface area contributed by atoms with Crippen molar-refractivity contribution in [2.75, 3.05) is 0 Å². The Labute approximate surface area is 212 Å². The molecule has 0 amide bonds. The van der Waals surface area contributed by atoms with Gasteiger partial charge in [0.2, 0.25) is 0 Å².